The molecule has 1 aromatic carbocycles. The van der Waals surface area contributed by atoms with E-state index in [0.717, 1.165) is 36.3 Å². The van der Waals surface area contributed by atoms with Gasteiger partial charge < -0.3 is 9.47 Å². The van der Waals surface area contributed by atoms with Gasteiger partial charge in [0, 0.05) is 30.9 Å². The normalized spacial score (nSPS) is 25.8. The molecule has 2 fully saturated rings. The third-order valence-corrected chi connectivity index (χ3v) is 5.42. The van der Waals surface area contributed by atoms with Crippen molar-refractivity contribution in [1.82, 2.24) is 9.88 Å². The fraction of sp³-hybridized carbons (Fsp3) is 0.450. The van der Waals surface area contributed by atoms with Crippen molar-refractivity contribution in [3.63, 3.8) is 0 Å². The highest BCUT2D eigenvalue weighted by Gasteiger charge is 2.45. The number of hydrogen-bond acceptors (Lipinski definition) is 4. The summed E-state index contributed by atoms with van der Waals surface area (Å²) in [6.45, 7) is 1.66. The summed E-state index contributed by atoms with van der Waals surface area (Å²) in [5, 5.41) is 0. The fourth-order valence-corrected chi connectivity index (χ4v) is 4.21. The number of aromatic nitrogens is 1. The van der Waals surface area contributed by atoms with Gasteiger partial charge >= 0.3 is 0 Å². The van der Waals surface area contributed by atoms with Crippen LogP contribution in [0.1, 0.15) is 25.0 Å². The van der Waals surface area contributed by atoms with Gasteiger partial charge in [-0.15, -0.1) is 0 Å². The first-order chi connectivity index (χ1) is 11.8. The Morgan fingerprint density at radius 2 is 2.04 bits per heavy atom. The lowest BCUT2D eigenvalue weighted by Gasteiger charge is -2.34. The molecular formula is C20H24N2O2. The summed E-state index contributed by atoms with van der Waals surface area (Å²) in [4.78, 5) is 7.11. The average Bonchev–Trinajstić information content (AvgIpc) is 3.23. The van der Waals surface area contributed by atoms with Crippen molar-refractivity contribution in [2.45, 2.75) is 37.9 Å². The Morgan fingerprint density at radius 3 is 2.88 bits per heavy atom. The topological polar surface area (TPSA) is 34.6 Å². The van der Waals surface area contributed by atoms with E-state index in [1.54, 1.807) is 7.11 Å². The number of hydrogen-bond donors (Lipinski definition) is 0. The van der Waals surface area contributed by atoms with E-state index in [4.69, 9.17) is 9.47 Å². The van der Waals surface area contributed by atoms with Crippen LogP contribution < -0.4 is 9.47 Å². The summed E-state index contributed by atoms with van der Waals surface area (Å²) in [7, 11) is 1.68. The number of piperidine rings is 1. The van der Waals surface area contributed by atoms with Crippen molar-refractivity contribution in [3.8, 4) is 11.5 Å². The number of nitrogens with zero attached hydrogens (tertiary/aromatic N) is 2. The maximum Gasteiger partial charge on any atom is 0.123 e. The van der Waals surface area contributed by atoms with Crippen molar-refractivity contribution >= 4 is 0 Å². The predicted octanol–water partition coefficient (Wildman–Crippen LogP) is 3.52. The molecule has 4 nitrogen and oxygen atoms in total. The molecule has 2 bridgehead atoms. The summed E-state index contributed by atoms with van der Waals surface area (Å²) in [5.41, 5.74) is 1.15. The summed E-state index contributed by atoms with van der Waals surface area (Å²) >= 11 is 0. The number of benzene rings is 1. The zero-order chi connectivity index (χ0) is 16.4. The lowest BCUT2D eigenvalue weighted by Crippen LogP contribution is -2.43. The Bertz CT molecular complexity index is 676. The molecule has 4 heteroatoms. The number of fused-ring (bicyclic) bond motifs is 2. The molecule has 0 spiro atoms. The third kappa shape index (κ3) is 3.11. The van der Waals surface area contributed by atoms with Gasteiger partial charge in [-0.3, -0.25) is 9.88 Å². The van der Waals surface area contributed by atoms with Crippen LogP contribution in [0.2, 0.25) is 0 Å². The summed E-state index contributed by atoms with van der Waals surface area (Å²) < 4.78 is 11.4. The van der Waals surface area contributed by atoms with Crippen LogP contribution in [-0.2, 0) is 6.54 Å². The molecule has 126 valence electrons. The summed E-state index contributed by atoms with van der Waals surface area (Å²) in [6, 6.07) is 15.2. The first-order valence-corrected chi connectivity index (χ1v) is 8.76. The van der Waals surface area contributed by atoms with E-state index in [1.807, 2.05) is 36.5 Å². The third-order valence-electron chi connectivity index (χ3n) is 5.42. The van der Waals surface area contributed by atoms with Crippen molar-refractivity contribution < 1.29 is 9.47 Å². The van der Waals surface area contributed by atoms with Crippen LogP contribution in [0.3, 0.4) is 0 Å². The van der Waals surface area contributed by atoms with E-state index in [0.29, 0.717) is 12.1 Å². The van der Waals surface area contributed by atoms with Gasteiger partial charge in [-0.25, -0.2) is 0 Å². The maximum absolute atomic E-state index is 6.11. The second-order valence-electron chi connectivity index (χ2n) is 6.78. The number of rotatable bonds is 6. The Hall–Kier alpha value is -2.07. The largest absolute Gasteiger partial charge is 0.497 e. The van der Waals surface area contributed by atoms with Crippen LogP contribution in [-0.4, -0.2) is 35.7 Å². The Kier molecular flexibility index (Phi) is 4.39. The Labute approximate surface area is 143 Å². The first kappa shape index (κ1) is 15.5. The molecule has 2 heterocycles. The van der Waals surface area contributed by atoms with Gasteiger partial charge in [0.05, 0.1) is 12.8 Å². The van der Waals surface area contributed by atoms with E-state index in [1.165, 1.54) is 19.3 Å². The first-order valence-electron chi connectivity index (χ1n) is 8.76. The molecule has 1 aliphatic carbocycles. The summed E-state index contributed by atoms with van der Waals surface area (Å²) in [5.74, 6) is 2.48. The highest BCUT2D eigenvalue weighted by molar-refractivity contribution is 5.32. The van der Waals surface area contributed by atoms with Crippen molar-refractivity contribution in [2.75, 3.05) is 13.7 Å². The fourth-order valence-electron chi connectivity index (χ4n) is 4.21. The molecule has 0 amide bonds. The molecule has 1 aromatic heterocycles. The lowest BCUT2D eigenvalue weighted by molar-refractivity contribution is 0.0855. The van der Waals surface area contributed by atoms with E-state index in [-0.39, 0.29) is 0 Å². The molecule has 1 saturated carbocycles. The van der Waals surface area contributed by atoms with E-state index in [2.05, 4.69) is 22.0 Å². The average molecular weight is 324 g/mol. The molecule has 2 aromatic rings. The highest BCUT2D eigenvalue weighted by atomic mass is 16.5. The molecular weight excluding hydrogens is 300 g/mol. The minimum absolute atomic E-state index is 0.483. The minimum Gasteiger partial charge on any atom is -0.497 e. The highest BCUT2D eigenvalue weighted by Crippen LogP contribution is 2.43. The van der Waals surface area contributed by atoms with Crippen LogP contribution in [0.25, 0.3) is 0 Å². The van der Waals surface area contributed by atoms with Crippen molar-refractivity contribution in [2.24, 2.45) is 5.92 Å². The quantitative estimate of drug-likeness (QED) is 0.814. The summed E-state index contributed by atoms with van der Waals surface area (Å²) in [6.07, 6.45) is 5.83. The molecule has 2 aliphatic rings. The number of methoxy groups -OCH3 is 1. The molecule has 0 N–H and O–H groups in total. The second kappa shape index (κ2) is 6.81. The second-order valence-corrected chi connectivity index (χ2v) is 6.78. The molecule has 4 rings (SSSR count). The van der Waals surface area contributed by atoms with Gasteiger partial charge in [0.25, 0.3) is 0 Å². The van der Waals surface area contributed by atoms with Crippen molar-refractivity contribution in [3.05, 3.63) is 54.4 Å². The van der Waals surface area contributed by atoms with Gasteiger partial charge in [-0.1, -0.05) is 12.1 Å². The molecule has 1 aliphatic heterocycles. The zero-order valence-corrected chi connectivity index (χ0v) is 14.1. The van der Waals surface area contributed by atoms with Crippen LogP contribution in [0.5, 0.6) is 11.5 Å². The van der Waals surface area contributed by atoms with Gasteiger partial charge in [0.15, 0.2) is 0 Å². The smallest absolute Gasteiger partial charge is 0.123 e. The number of ether oxygens (including phenoxy) is 2. The molecule has 24 heavy (non-hydrogen) atoms. The van der Waals surface area contributed by atoms with E-state index in [9.17, 15) is 0 Å². The lowest BCUT2D eigenvalue weighted by atomic mass is 9.99. The number of pyridine rings is 1. The van der Waals surface area contributed by atoms with Gasteiger partial charge in [0.2, 0.25) is 0 Å². The Balaban J connectivity index is 1.44. The van der Waals surface area contributed by atoms with E-state index < -0.39 is 0 Å². The van der Waals surface area contributed by atoms with Gasteiger partial charge in [-0.05, 0) is 49.4 Å². The Morgan fingerprint density at radius 1 is 1.12 bits per heavy atom. The molecule has 0 unspecified atom stereocenters. The maximum atomic E-state index is 6.11. The van der Waals surface area contributed by atoms with Crippen LogP contribution >= 0.6 is 0 Å². The SMILES string of the molecule is COc1cccc(OC[C@H]2[C@@H]3CC[C@H](C3)N2Cc2ccccn2)c1. The number of likely N-dealkylation sites (tertiary alicyclic amines) is 1. The van der Waals surface area contributed by atoms with Gasteiger partial charge in [0.1, 0.15) is 18.1 Å². The van der Waals surface area contributed by atoms with Crippen LogP contribution in [0.15, 0.2) is 48.7 Å². The molecule has 1 saturated heterocycles. The van der Waals surface area contributed by atoms with Gasteiger partial charge in [-0.2, -0.15) is 0 Å². The van der Waals surface area contributed by atoms with Crippen LogP contribution in [0, 0.1) is 5.92 Å². The molecule has 0 radical (unpaired) electrons. The van der Waals surface area contributed by atoms with Crippen LogP contribution in [0.4, 0.5) is 0 Å². The van der Waals surface area contributed by atoms with E-state index >= 15 is 0 Å². The molecule has 3 atom stereocenters. The zero-order valence-electron chi connectivity index (χ0n) is 14.1. The minimum atomic E-state index is 0.483. The van der Waals surface area contributed by atoms with Crippen molar-refractivity contribution in [1.29, 1.82) is 0 Å². The monoisotopic (exact) mass is 324 g/mol. The standard InChI is InChI=1S/C20H24N2O2/c1-23-18-6-4-7-19(12-18)24-14-20-15-8-9-17(11-15)22(20)13-16-5-2-3-10-21-16/h2-7,10,12,15,17,20H,8-9,11,13-14H2,1H3/t15-,17-,20+/m1/s1. The predicted molar refractivity (Wildman–Crippen MR) is 93.2 cm³/mol.